The number of hydrogen-bond donors (Lipinski definition) is 0. The van der Waals surface area contributed by atoms with Gasteiger partial charge in [-0.25, -0.2) is 0 Å². The highest BCUT2D eigenvalue weighted by molar-refractivity contribution is 5.66. The topological polar surface area (TPSA) is 35.5 Å². The van der Waals surface area contributed by atoms with Crippen LogP contribution in [0.1, 0.15) is 27.7 Å². The smallest absolute Gasteiger partial charge is 0.303 e. The highest BCUT2D eigenvalue weighted by Gasteiger charge is 2.12. The normalized spacial score (nSPS) is 11.7. The second kappa shape index (κ2) is 7.23. The molecule has 86 valence electrons. The third kappa shape index (κ3) is 7.94. The van der Waals surface area contributed by atoms with Crippen molar-refractivity contribution in [3.63, 3.8) is 0 Å². The van der Waals surface area contributed by atoms with Crippen LogP contribution in [-0.4, -0.2) is 25.3 Å². The minimum Gasteiger partial charge on any atom is -0.456 e. The number of rotatable bonds is 6. The van der Waals surface area contributed by atoms with Gasteiger partial charge in [0.05, 0.1) is 13.2 Å². The maximum Gasteiger partial charge on any atom is 0.303 e. The van der Waals surface area contributed by atoms with Crippen LogP contribution < -0.4 is 0 Å². The highest BCUT2D eigenvalue weighted by atomic mass is 16.6. The van der Waals surface area contributed by atoms with Gasteiger partial charge in [-0.15, -0.1) is 0 Å². The summed E-state index contributed by atoms with van der Waals surface area (Å²) in [7, 11) is 0. The Labute approximate surface area is 91.8 Å². The van der Waals surface area contributed by atoms with E-state index in [-0.39, 0.29) is 12.1 Å². The Kier molecular flexibility index (Phi) is 6.71. The zero-order chi connectivity index (χ0) is 11.8. The first kappa shape index (κ1) is 13.9. The minimum atomic E-state index is -0.340. The fourth-order valence-corrected chi connectivity index (χ4v) is 0.878. The molecule has 0 aromatic carbocycles. The summed E-state index contributed by atoms with van der Waals surface area (Å²) in [5, 5.41) is 0. The van der Waals surface area contributed by atoms with E-state index in [1.54, 1.807) is 0 Å². The van der Waals surface area contributed by atoms with E-state index in [9.17, 15) is 4.79 Å². The van der Waals surface area contributed by atoms with Gasteiger partial charge in [-0.05, 0) is 26.3 Å². The van der Waals surface area contributed by atoms with Crippen LogP contribution in [0.2, 0.25) is 0 Å². The van der Waals surface area contributed by atoms with Gasteiger partial charge in [0.15, 0.2) is 0 Å². The lowest BCUT2D eigenvalue weighted by Crippen LogP contribution is -2.23. The average Bonchev–Trinajstić information content (AvgIpc) is 2.08. The summed E-state index contributed by atoms with van der Waals surface area (Å²) in [6.07, 6.45) is 1.64. The molecular weight excluding hydrogens is 192 g/mol. The molecule has 0 amide bonds. The molecule has 1 atom stereocenters. The Bertz CT molecular complexity index is 250. The first-order valence-electron chi connectivity index (χ1n) is 4.97. The molecule has 0 N–H and O–H groups in total. The second-order valence-corrected chi connectivity index (χ2v) is 3.76. The van der Waals surface area contributed by atoms with E-state index in [1.807, 2.05) is 26.8 Å². The molecule has 0 saturated carbocycles. The fraction of sp³-hybridized carbons (Fsp3) is 0.583. The Morgan fingerprint density at radius 2 is 1.93 bits per heavy atom. The summed E-state index contributed by atoms with van der Waals surface area (Å²) in [4.78, 5) is 10.8. The summed E-state index contributed by atoms with van der Waals surface area (Å²) >= 11 is 0. The van der Waals surface area contributed by atoms with Gasteiger partial charge in [0.1, 0.15) is 6.10 Å². The van der Waals surface area contributed by atoms with Crippen LogP contribution in [0.25, 0.3) is 0 Å². The lowest BCUT2D eigenvalue weighted by atomic mass is 10.2. The third-order valence-electron chi connectivity index (χ3n) is 1.74. The van der Waals surface area contributed by atoms with Gasteiger partial charge in [-0.3, -0.25) is 4.79 Å². The van der Waals surface area contributed by atoms with Crippen molar-refractivity contribution in [1.82, 2.24) is 0 Å². The molecule has 3 heteroatoms. The summed E-state index contributed by atoms with van der Waals surface area (Å²) in [5.41, 5.74) is 2.00. The number of allylic oxidation sites excluding steroid dienone is 1. The van der Waals surface area contributed by atoms with Gasteiger partial charge in [0.25, 0.3) is 0 Å². The van der Waals surface area contributed by atoms with Crippen molar-refractivity contribution in [3.8, 4) is 0 Å². The molecule has 0 heterocycles. The molecule has 0 aliphatic carbocycles. The van der Waals surface area contributed by atoms with Crippen molar-refractivity contribution in [1.29, 1.82) is 0 Å². The van der Waals surface area contributed by atoms with Crippen molar-refractivity contribution < 1.29 is 14.3 Å². The minimum absolute atomic E-state index is 0.311. The van der Waals surface area contributed by atoms with Crippen molar-refractivity contribution in [2.75, 3.05) is 13.2 Å². The molecule has 0 fully saturated rings. The van der Waals surface area contributed by atoms with Crippen molar-refractivity contribution in [2.24, 2.45) is 0 Å². The Balaban J connectivity index is 3.92. The first-order valence-corrected chi connectivity index (χ1v) is 4.97. The Morgan fingerprint density at radius 1 is 1.33 bits per heavy atom. The van der Waals surface area contributed by atoms with E-state index in [2.05, 4.69) is 6.58 Å². The lowest BCUT2D eigenvalue weighted by Gasteiger charge is -2.16. The van der Waals surface area contributed by atoms with E-state index in [1.165, 1.54) is 12.5 Å². The zero-order valence-electron chi connectivity index (χ0n) is 10.0. The van der Waals surface area contributed by atoms with E-state index < -0.39 is 0 Å². The molecular formula is C12H20O3. The standard InChI is InChI=1S/C12H20O3/c1-9(2)6-7-14-8-12(10(3)4)15-11(5)13/h6,12H,3,7-8H2,1-2,4-5H3. The summed E-state index contributed by atoms with van der Waals surface area (Å²) < 4.78 is 10.4. The maximum atomic E-state index is 10.8. The molecule has 1 unspecified atom stereocenters. The molecule has 0 spiro atoms. The average molecular weight is 212 g/mol. The number of hydrogen-bond acceptors (Lipinski definition) is 3. The van der Waals surface area contributed by atoms with E-state index in [4.69, 9.17) is 9.47 Å². The lowest BCUT2D eigenvalue weighted by molar-refractivity contribution is -0.146. The fourth-order valence-electron chi connectivity index (χ4n) is 0.878. The maximum absolute atomic E-state index is 10.8. The monoisotopic (exact) mass is 212 g/mol. The van der Waals surface area contributed by atoms with Crippen molar-refractivity contribution in [3.05, 3.63) is 23.8 Å². The summed E-state index contributed by atoms with van der Waals surface area (Å²) in [5.74, 6) is -0.311. The van der Waals surface area contributed by atoms with Crippen LogP contribution in [-0.2, 0) is 14.3 Å². The predicted molar refractivity (Wildman–Crippen MR) is 60.6 cm³/mol. The van der Waals surface area contributed by atoms with Gasteiger partial charge >= 0.3 is 5.97 Å². The number of carbonyl (C=O) groups is 1. The van der Waals surface area contributed by atoms with Crippen molar-refractivity contribution in [2.45, 2.75) is 33.8 Å². The van der Waals surface area contributed by atoms with E-state index in [0.717, 1.165) is 5.57 Å². The van der Waals surface area contributed by atoms with Gasteiger partial charge in [0, 0.05) is 6.92 Å². The number of esters is 1. The van der Waals surface area contributed by atoms with Crippen LogP contribution in [0.15, 0.2) is 23.8 Å². The Morgan fingerprint density at radius 3 is 2.33 bits per heavy atom. The first-order chi connectivity index (χ1) is 6.93. The molecule has 0 bridgehead atoms. The molecule has 0 saturated heterocycles. The van der Waals surface area contributed by atoms with Crippen LogP contribution in [0, 0.1) is 0 Å². The molecule has 3 nitrogen and oxygen atoms in total. The number of ether oxygens (including phenoxy) is 2. The molecule has 0 radical (unpaired) electrons. The number of carbonyl (C=O) groups excluding carboxylic acids is 1. The largest absolute Gasteiger partial charge is 0.456 e. The zero-order valence-corrected chi connectivity index (χ0v) is 10.0. The summed E-state index contributed by atoms with van der Waals surface area (Å²) in [6.45, 7) is 11.9. The summed E-state index contributed by atoms with van der Waals surface area (Å²) in [6, 6.07) is 0. The molecule has 0 aromatic rings. The highest BCUT2D eigenvalue weighted by Crippen LogP contribution is 2.05. The van der Waals surface area contributed by atoms with Crippen LogP contribution in [0.4, 0.5) is 0 Å². The van der Waals surface area contributed by atoms with Gasteiger partial charge in [-0.2, -0.15) is 0 Å². The van der Waals surface area contributed by atoms with Gasteiger partial charge in [-0.1, -0.05) is 18.2 Å². The quantitative estimate of drug-likeness (QED) is 0.385. The van der Waals surface area contributed by atoms with E-state index in [0.29, 0.717) is 13.2 Å². The van der Waals surface area contributed by atoms with Crippen molar-refractivity contribution >= 4 is 5.97 Å². The van der Waals surface area contributed by atoms with Gasteiger partial charge < -0.3 is 9.47 Å². The molecule has 0 aliphatic heterocycles. The van der Waals surface area contributed by atoms with Crippen LogP contribution >= 0.6 is 0 Å². The molecule has 0 aromatic heterocycles. The molecule has 0 aliphatic rings. The Hall–Kier alpha value is -1.09. The SMILES string of the molecule is C=C(C)C(COCC=C(C)C)OC(C)=O. The predicted octanol–water partition coefficient (Wildman–Crippen LogP) is 2.48. The van der Waals surface area contributed by atoms with E-state index >= 15 is 0 Å². The third-order valence-corrected chi connectivity index (χ3v) is 1.74. The molecule has 0 rings (SSSR count). The second-order valence-electron chi connectivity index (χ2n) is 3.76. The molecule has 15 heavy (non-hydrogen) atoms. The van der Waals surface area contributed by atoms with Crippen LogP contribution in [0.3, 0.4) is 0 Å². The van der Waals surface area contributed by atoms with Crippen LogP contribution in [0.5, 0.6) is 0 Å². The van der Waals surface area contributed by atoms with Gasteiger partial charge in [0.2, 0.25) is 0 Å².